The molecule has 0 saturated carbocycles. The van der Waals surface area contributed by atoms with Gasteiger partial charge in [0.2, 0.25) is 0 Å². The molecule has 0 saturated heterocycles. The zero-order valence-electron chi connectivity index (χ0n) is 10.9. The fourth-order valence-electron chi connectivity index (χ4n) is 1.98. The highest BCUT2D eigenvalue weighted by Crippen LogP contribution is 2.23. The topological polar surface area (TPSA) is 24.9 Å². The van der Waals surface area contributed by atoms with Gasteiger partial charge in [-0.15, -0.1) is 0 Å². The second-order valence-corrected chi connectivity index (χ2v) is 4.98. The van der Waals surface area contributed by atoms with E-state index < -0.39 is 5.82 Å². The number of pyridine rings is 1. The third-order valence-electron chi connectivity index (χ3n) is 3.13. The predicted molar refractivity (Wildman–Crippen MR) is 75.6 cm³/mol. The van der Waals surface area contributed by atoms with Crippen molar-refractivity contribution in [1.29, 1.82) is 0 Å². The minimum absolute atomic E-state index is 0.0771. The first-order chi connectivity index (χ1) is 9.08. The van der Waals surface area contributed by atoms with Crippen molar-refractivity contribution >= 4 is 11.6 Å². The van der Waals surface area contributed by atoms with E-state index in [-0.39, 0.29) is 17.1 Å². The van der Waals surface area contributed by atoms with Crippen molar-refractivity contribution in [2.45, 2.75) is 25.9 Å². The molecule has 2 rings (SSSR count). The highest BCUT2D eigenvalue weighted by atomic mass is 35.5. The number of nitrogens with zero attached hydrogens (tertiary/aromatic N) is 1. The Labute approximate surface area is 117 Å². The Morgan fingerprint density at radius 1 is 1.16 bits per heavy atom. The number of aromatic nitrogens is 1. The third kappa shape index (κ3) is 3.52. The van der Waals surface area contributed by atoms with E-state index in [1.165, 1.54) is 6.07 Å². The van der Waals surface area contributed by atoms with Crippen molar-refractivity contribution in [3.63, 3.8) is 0 Å². The summed E-state index contributed by atoms with van der Waals surface area (Å²) < 4.78 is 13.1. The van der Waals surface area contributed by atoms with Crippen molar-refractivity contribution in [2.24, 2.45) is 0 Å². The van der Waals surface area contributed by atoms with Crippen LogP contribution in [0.2, 0.25) is 5.02 Å². The summed E-state index contributed by atoms with van der Waals surface area (Å²) in [5, 5.41) is 3.59. The first-order valence-electron chi connectivity index (χ1n) is 6.19. The standard InChI is InChI=1S/C15H16ClFN2/c1-10(12-5-6-15(17)14(16)8-12)19-11(2)13-4-3-7-18-9-13/h3-11,19H,1-2H3. The van der Waals surface area contributed by atoms with Gasteiger partial charge in [0.05, 0.1) is 5.02 Å². The summed E-state index contributed by atoms with van der Waals surface area (Å²) in [6.07, 6.45) is 3.58. The van der Waals surface area contributed by atoms with Crippen LogP contribution in [0.1, 0.15) is 37.1 Å². The van der Waals surface area contributed by atoms with Crippen molar-refractivity contribution in [3.8, 4) is 0 Å². The molecule has 1 N–H and O–H groups in total. The number of benzene rings is 1. The fourth-order valence-corrected chi connectivity index (χ4v) is 2.17. The molecule has 1 aromatic carbocycles. The normalized spacial score (nSPS) is 14.1. The molecule has 4 heteroatoms. The van der Waals surface area contributed by atoms with Crippen LogP contribution >= 0.6 is 11.6 Å². The Balaban J connectivity index is 2.08. The number of halogens is 2. The molecule has 0 aliphatic carbocycles. The average Bonchev–Trinajstić information content (AvgIpc) is 2.42. The lowest BCUT2D eigenvalue weighted by atomic mass is 10.1. The zero-order valence-corrected chi connectivity index (χ0v) is 11.7. The lowest BCUT2D eigenvalue weighted by Crippen LogP contribution is -2.22. The van der Waals surface area contributed by atoms with Gasteiger partial charge in [-0.05, 0) is 43.2 Å². The minimum atomic E-state index is -0.391. The van der Waals surface area contributed by atoms with Crippen LogP contribution in [0.5, 0.6) is 0 Å². The molecule has 0 aliphatic rings. The smallest absolute Gasteiger partial charge is 0.141 e. The Morgan fingerprint density at radius 3 is 2.53 bits per heavy atom. The Kier molecular flexibility index (Phi) is 4.51. The van der Waals surface area contributed by atoms with Crippen molar-refractivity contribution in [1.82, 2.24) is 10.3 Å². The maximum Gasteiger partial charge on any atom is 0.141 e. The summed E-state index contributed by atoms with van der Waals surface area (Å²) in [5.41, 5.74) is 2.07. The second-order valence-electron chi connectivity index (χ2n) is 4.57. The highest BCUT2D eigenvalue weighted by Gasteiger charge is 2.12. The van der Waals surface area contributed by atoms with Crippen molar-refractivity contribution < 1.29 is 4.39 Å². The molecule has 1 aromatic heterocycles. The molecule has 1 heterocycles. The summed E-state index contributed by atoms with van der Waals surface area (Å²) in [6, 6.07) is 8.96. The third-order valence-corrected chi connectivity index (χ3v) is 3.42. The SMILES string of the molecule is CC(NC(C)c1ccc(F)c(Cl)c1)c1cccnc1. The van der Waals surface area contributed by atoms with Gasteiger partial charge in [0.25, 0.3) is 0 Å². The summed E-state index contributed by atoms with van der Waals surface area (Å²) in [7, 11) is 0. The van der Waals surface area contributed by atoms with Crippen LogP contribution in [0.3, 0.4) is 0 Å². The van der Waals surface area contributed by atoms with E-state index in [0.717, 1.165) is 11.1 Å². The van der Waals surface area contributed by atoms with E-state index in [4.69, 9.17) is 11.6 Å². The Hall–Kier alpha value is -1.45. The zero-order chi connectivity index (χ0) is 13.8. The molecule has 2 atom stereocenters. The molecular formula is C15H16ClFN2. The Morgan fingerprint density at radius 2 is 1.89 bits per heavy atom. The lowest BCUT2D eigenvalue weighted by Gasteiger charge is -2.20. The van der Waals surface area contributed by atoms with E-state index in [1.54, 1.807) is 18.3 Å². The van der Waals surface area contributed by atoms with Gasteiger partial charge in [0, 0.05) is 24.5 Å². The molecule has 100 valence electrons. The van der Waals surface area contributed by atoms with E-state index in [1.807, 2.05) is 25.3 Å². The molecule has 0 spiro atoms. The molecule has 0 bridgehead atoms. The number of rotatable bonds is 4. The van der Waals surface area contributed by atoms with Crippen LogP contribution in [0.25, 0.3) is 0 Å². The monoisotopic (exact) mass is 278 g/mol. The van der Waals surface area contributed by atoms with Crippen LogP contribution in [-0.2, 0) is 0 Å². The van der Waals surface area contributed by atoms with Gasteiger partial charge in [0.15, 0.2) is 0 Å². The Bertz CT molecular complexity index is 545. The predicted octanol–water partition coefficient (Wildman–Crippen LogP) is 4.29. The molecular weight excluding hydrogens is 263 g/mol. The molecule has 2 unspecified atom stereocenters. The number of hydrogen-bond donors (Lipinski definition) is 1. The maximum absolute atomic E-state index is 13.1. The second kappa shape index (κ2) is 6.13. The van der Waals surface area contributed by atoms with Gasteiger partial charge in [-0.25, -0.2) is 4.39 Å². The maximum atomic E-state index is 13.1. The number of nitrogens with one attached hydrogen (secondary N) is 1. The molecule has 19 heavy (non-hydrogen) atoms. The molecule has 2 aromatic rings. The van der Waals surface area contributed by atoms with E-state index in [9.17, 15) is 4.39 Å². The van der Waals surface area contributed by atoms with Gasteiger partial charge in [-0.3, -0.25) is 4.98 Å². The van der Waals surface area contributed by atoms with E-state index in [0.29, 0.717) is 0 Å². The fraction of sp³-hybridized carbons (Fsp3) is 0.267. The lowest BCUT2D eigenvalue weighted by molar-refractivity contribution is 0.493. The van der Waals surface area contributed by atoms with Crippen molar-refractivity contribution in [3.05, 3.63) is 64.7 Å². The first kappa shape index (κ1) is 14.0. The molecule has 0 radical (unpaired) electrons. The average molecular weight is 279 g/mol. The van der Waals surface area contributed by atoms with Crippen LogP contribution in [0.4, 0.5) is 4.39 Å². The summed E-state index contributed by atoms with van der Waals surface area (Å²) >= 11 is 5.80. The van der Waals surface area contributed by atoms with Gasteiger partial charge in [-0.2, -0.15) is 0 Å². The number of hydrogen-bond acceptors (Lipinski definition) is 2. The van der Waals surface area contributed by atoms with Crippen LogP contribution in [-0.4, -0.2) is 4.98 Å². The van der Waals surface area contributed by atoms with Crippen LogP contribution in [0, 0.1) is 5.82 Å². The molecule has 0 aliphatic heterocycles. The minimum Gasteiger partial charge on any atom is -0.304 e. The van der Waals surface area contributed by atoms with E-state index in [2.05, 4.69) is 17.2 Å². The summed E-state index contributed by atoms with van der Waals surface area (Å²) in [5.74, 6) is -0.391. The van der Waals surface area contributed by atoms with Gasteiger partial charge in [-0.1, -0.05) is 23.7 Å². The van der Waals surface area contributed by atoms with Gasteiger partial charge >= 0.3 is 0 Å². The first-order valence-corrected chi connectivity index (χ1v) is 6.56. The van der Waals surface area contributed by atoms with Gasteiger partial charge in [0.1, 0.15) is 5.82 Å². The molecule has 2 nitrogen and oxygen atoms in total. The van der Waals surface area contributed by atoms with Crippen LogP contribution < -0.4 is 5.32 Å². The van der Waals surface area contributed by atoms with Crippen LogP contribution in [0.15, 0.2) is 42.7 Å². The summed E-state index contributed by atoms with van der Waals surface area (Å²) in [6.45, 7) is 4.09. The molecule has 0 amide bonds. The van der Waals surface area contributed by atoms with Crippen molar-refractivity contribution in [2.75, 3.05) is 0 Å². The van der Waals surface area contributed by atoms with E-state index >= 15 is 0 Å². The summed E-state index contributed by atoms with van der Waals surface area (Å²) in [4.78, 5) is 4.10. The van der Waals surface area contributed by atoms with Gasteiger partial charge < -0.3 is 5.32 Å². The largest absolute Gasteiger partial charge is 0.304 e. The quantitative estimate of drug-likeness (QED) is 0.903. The molecule has 0 fully saturated rings. The highest BCUT2D eigenvalue weighted by molar-refractivity contribution is 6.30.